The van der Waals surface area contributed by atoms with Crippen LogP contribution in [0.25, 0.3) is 0 Å². The van der Waals surface area contributed by atoms with E-state index in [1.165, 1.54) is 5.56 Å². The molecule has 0 saturated carbocycles. The molecule has 2 aromatic carbocycles. The van der Waals surface area contributed by atoms with E-state index < -0.39 is 0 Å². The van der Waals surface area contributed by atoms with Crippen molar-refractivity contribution in [2.24, 2.45) is 0 Å². The smallest absolute Gasteiger partial charge is 0.243 e. The zero-order valence-corrected chi connectivity index (χ0v) is 18.1. The maximum Gasteiger partial charge on any atom is 0.243 e. The first-order valence-corrected chi connectivity index (χ1v) is 10.7. The predicted molar refractivity (Wildman–Crippen MR) is 121 cm³/mol. The van der Waals surface area contributed by atoms with Crippen LogP contribution < -0.4 is 10.6 Å². The van der Waals surface area contributed by atoms with Gasteiger partial charge in [0, 0.05) is 43.4 Å². The van der Waals surface area contributed by atoms with Crippen LogP contribution in [0, 0.1) is 6.92 Å². The molecule has 1 heterocycles. The van der Waals surface area contributed by atoms with Crippen molar-refractivity contribution in [3.8, 4) is 0 Å². The minimum Gasteiger partial charge on any atom is -0.346 e. The third-order valence-corrected chi connectivity index (χ3v) is 5.79. The van der Waals surface area contributed by atoms with Crippen LogP contribution in [0.5, 0.6) is 0 Å². The lowest BCUT2D eigenvalue weighted by atomic mass is 10.1. The minimum atomic E-state index is -0.264. The van der Waals surface area contributed by atoms with E-state index in [1.807, 2.05) is 13.0 Å². The molecule has 0 radical (unpaired) electrons. The van der Waals surface area contributed by atoms with E-state index in [4.69, 9.17) is 11.6 Å². The second-order valence-electron chi connectivity index (χ2n) is 7.59. The van der Waals surface area contributed by atoms with Crippen LogP contribution in [0.2, 0.25) is 5.02 Å². The van der Waals surface area contributed by atoms with Gasteiger partial charge in [0.05, 0.1) is 13.1 Å². The molecular weight excluding hydrogens is 400 g/mol. The molecule has 3 rings (SSSR count). The van der Waals surface area contributed by atoms with Crippen LogP contribution in [-0.4, -0.2) is 67.4 Å². The van der Waals surface area contributed by atoms with Crippen molar-refractivity contribution >= 4 is 29.1 Å². The molecule has 6 nitrogen and oxygen atoms in total. The lowest BCUT2D eigenvalue weighted by Gasteiger charge is -2.34. The Labute approximate surface area is 183 Å². The van der Waals surface area contributed by atoms with Gasteiger partial charge < -0.3 is 15.5 Å². The fourth-order valence-electron chi connectivity index (χ4n) is 3.48. The average molecular weight is 429 g/mol. The molecule has 160 valence electrons. The van der Waals surface area contributed by atoms with Gasteiger partial charge in [-0.3, -0.25) is 14.5 Å². The molecule has 1 aliphatic rings. The fourth-order valence-corrected chi connectivity index (χ4v) is 3.65. The van der Waals surface area contributed by atoms with Gasteiger partial charge in [0.1, 0.15) is 0 Å². The number of benzene rings is 2. The number of carbonyl (C=O) groups is 2. The van der Waals surface area contributed by atoms with Crippen molar-refractivity contribution in [1.29, 1.82) is 0 Å². The number of amides is 2. The number of carbonyl (C=O) groups excluding carboxylic acids is 2. The van der Waals surface area contributed by atoms with Crippen molar-refractivity contribution in [3.05, 3.63) is 64.7 Å². The largest absolute Gasteiger partial charge is 0.346 e. The number of nitrogens with zero attached hydrogens (tertiary/aromatic N) is 2. The van der Waals surface area contributed by atoms with Gasteiger partial charge in [-0.2, -0.15) is 0 Å². The van der Waals surface area contributed by atoms with E-state index >= 15 is 0 Å². The molecule has 0 aromatic heterocycles. The summed E-state index contributed by atoms with van der Waals surface area (Å²) < 4.78 is 0. The van der Waals surface area contributed by atoms with Crippen molar-refractivity contribution in [1.82, 2.24) is 15.1 Å². The van der Waals surface area contributed by atoms with Gasteiger partial charge in [-0.05, 0) is 36.6 Å². The molecule has 30 heavy (non-hydrogen) atoms. The molecule has 0 unspecified atom stereocenters. The van der Waals surface area contributed by atoms with E-state index in [2.05, 4.69) is 44.7 Å². The Hall–Kier alpha value is -2.41. The van der Waals surface area contributed by atoms with Crippen molar-refractivity contribution in [3.63, 3.8) is 0 Å². The monoisotopic (exact) mass is 428 g/mol. The quantitative estimate of drug-likeness (QED) is 0.678. The Morgan fingerprint density at radius 1 is 0.933 bits per heavy atom. The van der Waals surface area contributed by atoms with Gasteiger partial charge in [-0.15, -0.1) is 0 Å². The average Bonchev–Trinajstić information content (AvgIpc) is 2.76. The molecule has 0 bridgehead atoms. The summed E-state index contributed by atoms with van der Waals surface area (Å²) in [6.45, 7) is 6.76. The summed E-state index contributed by atoms with van der Waals surface area (Å²) in [4.78, 5) is 28.9. The summed E-state index contributed by atoms with van der Waals surface area (Å²) in [7, 11) is 0. The van der Waals surface area contributed by atoms with Crippen LogP contribution in [0.3, 0.4) is 0 Å². The number of hydrogen-bond acceptors (Lipinski definition) is 4. The van der Waals surface area contributed by atoms with Crippen LogP contribution in [0.15, 0.2) is 48.5 Å². The fraction of sp³-hybridized carbons (Fsp3) is 0.391. The number of rotatable bonds is 8. The zero-order chi connectivity index (χ0) is 21.3. The maximum atomic E-state index is 12.2. The van der Waals surface area contributed by atoms with Crippen LogP contribution in [0.1, 0.15) is 11.1 Å². The van der Waals surface area contributed by atoms with Gasteiger partial charge in [0.2, 0.25) is 11.8 Å². The first-order chi connectivity index (χ1) is 14.5. The maximum absolute atomic E-state index is 12.2. The highest BCUT2D eigenvalue weighted by Gasteiger charge is 2.19. The number of nitrogens with one attached hydrogen (secondary N) is 2. The SMILES string of the molecule is Cc1c(Cl)cccc1NC(=O)CNC(=O)CN1CCN(CCc2ccccc2)CC1. The van der Waals surface area contributed by atoms with Gasteiger partial charge in [0.15, 0.2) is 0 Å². The molecule has 1 fully saturated rings. The highest BCUT2D eigenvalue weighted by Crippen LogP contribution is 2.22. The molecule has 2 aromatic rings. The molecule has 0 atom stereocenters. The third kappa shape index (κ3) is 6.83. The second-order valence-corrected chi connectivity index (χ2v) is 8.00. The highest BCUT2D eigenvalue weighted by molar-refractivity contribution is 6.31. The minimum absolute atomic E-state index is 0.0537. The Morgan fingerprint density at radius 2 is 1.63 bits per heavy atom. The first-order valence-electron chi connectivity index (χ1n) is 10.3. The second kappa shape index (κ2) is 11.1. The first kappa shape index (κ1) is 22.3. The Kier molecular flexibility index (Phi) is 8.25. The van der Waals surface area contributed by atoms with Gasteiger partial charge in [-0.25, -0.2) is 0 Å². The van der Waals surface area contributed by atoms with E-state index in [9.17, 15) is 9.59 Å². The summed E-state index contributed by atoms with van der Waals surface area (Å²) in [6, 6.07) is 15.8. The highest BCUT2D eigenvalue weighted by atomic mass is 35.5. The number of piperazine rings is 1. The summed E-state index contributed by atoms with van der Waals surface area (Å²) in [5.74, 6) is -0.398. The molecular formula is C23H29ClN4O2. The van der Waals surface area contributed by atoms with Crippen molar-refractivity contribution < 1.29 is 9.59 Å². The molecule has 1 saturated heterocycles. The molecule has 7 heteroatoms. The van der Waals surface area contributed by atoms with E-state index in [0.29, 0.717) is 17.3 Å². The predicted octanol–water partition coefficient (Wildman–Crippen LogP) is 2.56. The summed E-state index contributed by atoms with van der Waals surface area (Å²) in [5.41, 5.74) is 2.82. The lowest BCUT2D eigenvalue weighted by molar-refractivity contribution is -0.125. The number of halogens is 1. The van der Waals surface area contributed by atoms with E-state index in [-0.39, 0.29) is 18.4 Å². The zero-order valence-electron chi connectivity index (χ0n) is 17.4. The van der Waals surface area contributed by atoms with Gasteiger partial charge in [0.25, 0.3) is 0 Å². The van der Waals surface area contributed by atoms with Crippen LogP contribution in [-0.2, 0) is 16.0 Å². The molecule has 2 N–H and O–H groups in total. The van der Waals surface area contributed by atoms with Gasteiger partial charge >= 0.3 is 0 Å². The summed E-state index contributed by atoms with van der Waals surface area (Å²) >= 11 is 6.06. The summed E-state index contributed by atoms with van der Waals surface area (Å²) in [6.07, 6.45) is 1.04. The third-order valence-electron chi connectivity index (χ3n) is 5.38. The molecule has 2 amide bonds. The van der Waals surface area contributed by atoms with Crippen LogP contribution in [0.4, 0.5) is 5.69 Å². The molecule has 0 spiro atoms. The lowest BCUT2D eigenvalue weighted by Crippen LogP contribution is -2.50. The van der Waals surface area contributed by atoms with Crippen LogP contribution >= 0.6 is 11.6 Å². The standard InChI is InChI=1S/C23H29ClN4O2/c1-18-20(24)8-5-9-21(18)26-22(29)16-25-23(30)17-28-14-12-27(13-15-28)11-10-19-6-3-2-4-7-19/h2-9H,10-17H2,1H3,(H,25,30)(H,26,29). The normalized spacial score (nSPS) is 15.0. The number of anilines is 1. The van der Waals surface area contributed by atoms with Crippen molar-refractivity contribution in [2.75, 3.05) is 51.1 Å². The van der Waals surface area contributed by atoms with Crippen molar-refractivity contribution in [2.45, 2.75) is 13.3 Å². The Morgan fingerprint density at radius 3 is 2.37 bits per heavy atom. The molecule has 0 aliphatic carbocycles. The topological polar surface area (TPSA) is 64.7 Å². The summed E-state index contributed by atoms with van der Waals surface area (Å²) in [5, 5.41) is 6.08. The van der Waals surface area contributed by atoms with Gasteiger partial charge in [-0.1, -0.05) is 48.0 Å². The Balaban J connectivity index is 1.32. The molecule has 1 aliphatic heterocycles. The van der Waals surface area contributed by atoms with E-state index in [1.54, 1.807) is 18.2 Å². The Bertz CT molecular complexity index is 852. The number of hydrogen-bond donors (Lipinski definition) is 2. The van der Waals surface area contributed by atoms with E-state index in [0.717, 1.165) is 44.7 Å².